The quantitative estimate of drug-likeness (QED) is 0.557. The minimum absolute atomic E-state index is 0.246. The van der Waals surface area contributed by atoms with Crippen LogP contribution in [0.2, 0.25) is 0 Å². The van der Waals surface area contributed by atoms with Crippen molar-refractivity contribution in [2.45, 2.75) is 65.6 Å². The second kappa shape index (κ2) is 10.3. The lowest BCUT2D eigenvalue weighted by molar-refractivity contribution is -0.142. The van der Waals surface area contributed by atoms with Crippen molar-refractivity contribution in [2.75, 3.05) is 6.54 Å². The van der Waals surface area contributed by atoms with E-state index < -0.39 is 0 Å². The molecule has 2 aromatic carbocycles. The Morgan fingerprint density at radius 3 is 2.15 bits per heavy atom. The first-order valence-corrected chi connectivity index (χ1v) is 9.91. The Hall–Kier alpha value is -2.13. The summed E-state index contributed by atoms with van der Waals surface area (Å²) in [7, 11) is 0. The highest BCUT2D eigenvalue weighted by molar-refractivity contribution is 5.65. The van der Waals surface area contributed by atoms with Crippen molar-refractivity contribution in [3.05, 3.63) is 71.3 Å². The van der Waals surface area contributed by atoms with Crippen LogP contribution in [0.4, 0.5) is 0 Å². The number of nitrogens with zero attached hydrogens (tertiary/aromatic N) is 1. The molecule has 0 saturated heterocycles. The summed E-state index contributed by atoms with van der Waals surface area (Å²) < 4.78 is 5.18. The van der Waals surface area contributed by atoms with E-state index in [4.69, 9.17) is 4.74 Å². The summed E-state index contributed by atoms with van der Waals surface area (Å²) in [5.74, 6) is 0.0769. The van der Waals surface area contributed by atoms with Crippen LogP contribution in [-0.2, 0) is 16.1 Å². The van der Waals surface area contributed by atoms with Gasteiger partial charge in [0, 0.05) is 24.9 Å². The van der Waals surface area contributed by atoms with Gasteiger partial charge in [-0.15, -0.1) is 0 Å². The van der Waals surface area contributed by atoms with Gasteiger partial charge in [-0.1, -0.05) is 54.6 Å². The lowest BCUT2D eigenvalue weighted by Crippen LogP contribution is -2.38. The Bertz CT molecular complexity index is 701. The second-order valence-electron chi connectivity index (χ2n) is 7.70. The molecule has 2 rings (SSSR count). The standard InChI is InChI=1S/C24H33NO2/c1-18(2)25(19(3)4)15-14-24(22-11-7-6-8-12-22)23-13-9-10-21(16-23)17-27-20(5)26/h6-13,16,18-19,24H,14-15,17H2,1-5H3. The summed E-state index contributed by atoms with van der Waals surface area (Å²) >= 11 is 0. The molecule has 2 aromatic rings. The number of carbonyl (C=O) groups is 1. The summed E-state index contributed by atoms with van der Waals surface area (Å²) in [6, 6.07) is 20.2. The molecule has 0 spiro atoms. The molecule has 0 aliphatic rings. The summed E-state index contributed by atoms with van der Waals surface area (Å²) in [6.07, 6.45) is 1.05. The molecule has 0 heterocycles. The van der Waals surface area contributed by atoms with E-state index in [9.17, 15) is 4.79 Å². The predicted molar refractivity (Wildman–Crippen MR) is 112 cm³/mol. The minimum atomic E-state index is -0.246. The topological polar surface area (TPSA) is 29.5 Å². The van der Waals surface area contributed by atoms with Crippen molar-refractivity contribution in [3.8, 4) is 0 Å². The number of hydrogen-bond acceptors (Lipinski definition) is 3. The molecule has 0 aliphatic heterocycles. The largest absolute Gasteiger partial charge is 0.461 e. The van der Waals surface area contributed by atoms with E-state index in [1.54, 1.807) is 0 Å². The first kappa shape index (κ1) is 21.2. The van der Waals surface area contributed by atoms with Gasteiger partial charge in [-0.2, -0.15) is 0 Å². The second-order valence-corrected chi connectivity index (χ2v) is 7.70. The van der Waals surface area contributed by atoms with E-state index in [-0.39, 0.29) is 5.97 Å². The Kier molecular flexibility index (Phi) is 8.05. The van der Waals surface area contributed by atoms with Crippen LogP contribution < -0.4 is 0 Å². The third-order valence-electron chi connectivity index (χ3n) is 5.00. The van der Waals surface area contributed by atoms with E-state index in [1.807, 2.05) is 6.07 Å². The van der Waals surface area contributed by atoms with Crippen LogP contribution in [0.25, 0.3) is 0 Å². The van der Waals surface area contributed by atoms with Crippen molar-refractivity contribution in [1.82, 2.24) is 4.90 Å². The number of benzene rings is 2. The van der Waals surface area contributed by atoms with Gasteiger partial charge in [0.25, 0.3) is 0 Å². The van der Waals surface area contributed by atoms with E-state index in [1.165, 1.54) is 18.1 Å². The zero-order chi connectivity index (χ0) is 19.8. The molecule has 0 bridgehead atoms. The third-order valence-corrected chi connectivity index (χ3v) is 5.00. The first-order valence-electron chi connectivity index (χ1n) is 9.91. The summed E-state index contributed by atoms with van der Waals surface area (Å²) in [4.78, 5) is 13.7. The van der Waals surface area contributed by atoms with Crippen molar-refractivity contribution in [1.29, 1.82) is 0 Å². The third kappa shape index (κ3) is 6.51. The maximum absolute atomic E-state index is 11.1. The lowest BCUT2D eigenvalue weighted by atomic mass is 9.87. The molecule has 0 radical (unpaired) electrons. The van der Waals surface area contributed by atoms with Gasteiger partial charge in [-0.3, -0.25) is 9.69 Å². The zero-order valence-corrected chi connectivity index (χ0v) is 17.3. The molecule has 3 heteroatoms. The normalized spacial score (nSPS) is 12.6. The molecule has 146 valence electrons. The summed E-state index contributed by atoms with van der Waals surface area (Å²) in [5, 5.41) is 0. The van der Waals surface area contributed by atoms with Gasteiger partial charge in [0.05, 0.1) is 0 Å². The number of hydrogen-bond donors (Lipinski definition) is 0. The molecule has 0 N–H and O–H groups in total. The Balaban J connectivity index is 2.25. The highest BCUT2D eigenvalue weighted by atomic mass is 16.5. The number of ether oxygens (including phenoxy) is 1. The molecule has 0 aromatic heterocycles. The number of carbonyl (C=O) groups excluding carboxylic acids is 1. The van der Waals surface area contributed by atoms with E-state index in [2.05, 4.69) is 81.1 Å². The highest BCUT2D eigenvalue weighted by Crippen LogP contribution is 2.29. The van der Waals surface area contributed by atoms with Gasteiger partial charge < -0.3 is 4.74 Å². The van der Waals surface area contributed by atoms with Gasteiger partial charge >= 0.3 is 5.97 Å². The van der Waals surface area contributed by atoms with Gasteiger partial charge in [-0.05, 0) is 57.4 Å². The maximum Gasteiger partial charge on any atom is 0.302 e. The molecule has 3 nitrogen and oxygen atoms in total. The van der Waals surface area contributed by atoms with Crippen LogP contribution in [-0.4, -0.2) is 29.5 Å². The fraction of sp³-hybridized carbons (Fsp3) is 0.458. The fourth-order valence-corrected chi connectivity index (χ4v) is 3.69. The summed E-state index contributed by atoms with van der Waals surface area (Å²) in [6.45, 7) is 11.9. The van der Waals surface area contributed by atoms with Crippen LogP contribution in [0.3, 0.4) is 0 Å². The van der Waals surface area contributed by atoms with E-state index in [0.717, 1.165) is 18.5 Å². The number of esters is 1. The van der Waals surface area contributed by atoms with Crippen LogP contribution in [0.15, 0.2) is 54.6 Å². The monoisotopic (exact) mass is 367 g/mol. The minimum Gasteiger partial charge on any atom is -0.461 e. The van der Waals surface area contributed by atoms with Crippen LogP contribution in [0.5, 0.6) is 0 Å². The molecule has 1 unspecified atom stereocenters. The first-order chi connectivity index (χ1) is 12.9. The molecule has 27 heavy (non-hydrogen) atoms. The van der Waals surface area contributed by atoms with Crippen molar-refractivity contribution >= 4 is 5.97 Å². The van der Waals surface area contributed by atoms with E-state index >= 15 is 0 Å². The zero-order valence-electron chi connectivity index (χ0n) is 17.3. The van der Waals surface area contributed by atoms with Gasteiger partial charge in [0.15, 0.2) is 0 Å². The van der Waals surface area contributed by atoms with Gasteiger partial charge in [-0.25, -0.2) is 0 Å². The van der Waals surface area contributed by atoms with Crippen molar-refractivity contribution in [3.63, 3.8) is 0 Å². The summed E-state index contributed by atoms with van der Waals surface area (Å²) in [5.41, 5.74) is 3.64. The van der Waals surface area contributed by atoms with Crippen LogP contribution in [0.1, 0.15) is 63.6 Å². The molecule has 0 amide bonds. The lowest BCUT2D eigenvalue weighted by Gasteiger charge is -2.32. The maximum atomic E-state index is 11.1. The number of rotatable bonds is 9. The fourth-order valence-electron chi connectivity index (χ4n) is 3.69. The van der Waals surface area contributed by atoms with Crippen molar-refractivity contribution in [2.24, 2.45) is 0 Å². The molecule has 1 atom stereocenters. The average Bonchev–Trinajstić information content (AvgIpc) is 2.64. The Labute approximate surface area is 164 Å². The average molecular weight is 368 g/mol. The Morgan fingerprint density at radius 2 is 1.56 bits per heavy atom. The van der Waals surface area contributed by atoms with Gasteiger partial charge in [0.2, 0.25) is 0 Å². The van der Waals surface area contributed by atoms with Crippen LogP contribution in [0, 0.1) is 0 Å². The predicted octanol–water partition coefficient (Wildman–Crippen LogP) is 5.39. The highest BCUT2D eigenvalue weighted by Gasteiger charge is 2.19. The van der Waals surface area contributed by atoms with E-state index in [0.29, 0.717) is 24.6 Å². The molecular formula is C24H33NO2. The smallest absolute Gasteiger partial charge is 0.302 e. The molecule has 0 fully saturated rings. The Morgan fingerprint density at radius 1 is 0.926 bits per heavy atom. The molecule has 0 saturated carbocycles. The van der Waals surface area contributed by atoms with Crippen molar-refractivity contribution < 1.29 is 9.53 Å². The molecule has 0 aliphatic carbocycles. The molecular weight excluding hydrogens is 334 g/mol. The van der Waals surface area contributed by atoms with Crippen LogP contribution >= 0.6 is 0 Å². The SMILES string of the molecule is CC(=O)OCc1cccc(C(CCN(C(C)C)C(C)C)c2ccccc2)c1. The van der Waals surface area contributed by atoms with Gasteiger partial charge in [0.1, 0.15) is 6.61 Å².